The van der Waals surface area contributed by atoms with Crippen LogP contribution in [0.1, 0.15) is 24.5 Å². The number of hydrogen-bond donors (Lipinski definition) is 2. The minimum atomic E-state index is -0.216. The monoisotopic (exact) mass is 294 g/mol. The Balaban J connectivity index is 1.98. The maximum Gasteiger partial charge on any atom is 0.123 e. The molecule has 2 nitrogen and oxygen atoms in total. The van der Waals surface area contributed by atoms with Crippen LogP contribution in [0.5, 0.6) is 0 Å². The summed E-state index contributed by atoms with van der Waals surface area (Å²) in [6.07, 6.45) is 4.83. The Kier molecular flexibility index (Phi) is 3.80. The SMILES string of the molecule is CC(CC=N)(Cc1ccc(F)cc1)c1ccc2[nH]ccc2c1. The second-order valence-electron chi connectivity index (χ2n) is 6.05. The van der Waals surface area contributed by atoms with Crippen LogP contribution in [0, 0.1) is 11.2 Å². The average Bonchev–Trinajstić information content (AvgIpc) is 2.97. The molecule has 1 heterocycles. The quantitative estimate of drug-likeness (QED) is 0.632. The van der Waals surface area contributed by atoms with Gasteiger partial charge in [0, 0.05) is 17.1 Å². The Morgan fingerprint density at radius 1 is 1.14 bits per heavy atom. The van der Waals surface area contributed by atoms with Crippen molar-refractivity contribution in [1.82, 2.24) is 4.98 Å². The van der Waals surface area contributed by atoms with E-state index < -0.39 is 0 Å². The van der Waals surface area contributed by atoms with E-state index in [0.29, 0.717) is 6.42 Å². The molecule has 1 aromatic heterocycles. The van der Waals surface area contributed by atoms with Gasteiger partial charge in [0.25, 0.3) is 0 Å². The van der Waals surface area contributed by atoms with Gasteiger partial charge in [0.2, 0.25) is 0 Å². The third-order valence-electron chi connectivity index (χ3n) is 4.31. The second kappa shape index (κ2) is 5.76. The minimum absolute atomic E-state index is 0.176. The molecule has 3 aromatic rings. The van der Waals surface area contributed by atoms with E-state index in [4.69, 9.17) is 5.41 Å². The summed E-state index contributed by atoms with van der Waals surface area (Å²) in [6.45, 7) is 2.16. The van der Waals surface area contributed by atoms with Crippen LogP contribution in [-0.2, 0) is 11.8 Å². The third kappa shape index (κ3) is 2.80. The maximum atomic E-state index is 13.1. The molecule has 0 amide bonds. The van der Waals surface area contributed by atoms with Gasteiger partial charge in [0.15, 0.2) is 0 Å². The fourth-order valence-corrected chi connectivity index (χ4v) is 3.00. The van der Waals surface area contributed by atoms with Gasteiger partial charge in [0.1, 0.15) is 5.82 Å². The molecule has 0 saturated carbocycles. The zero-order chi connectivity index (χ0) is 15.6. The van der Waals surface area contributed by atoms with Gasteiger partial charge in [-0.05, 0) is 65.9 Å². The first-order chi connectivity index (χ1) is 10.6. The lowest BCUT2D eigenvalue weighted by Gasteiger charge is -2.29. The number of H-pyrrole nitrogens is 1. The predicted molar refractivity (Wildman–Crippen MR) is 89.2 cm³/mol. The van der Waals surface area contributed by atoms with Gasteiger partial charge in [-0.25, -0.2) is 4.39 Å². The fraction of sp³-hybridized carbons (Fsp3) is 0.211. The number of benzene rings is 2. The smallest absolute Gasteiger partial charge is 0.123 e. The van der Waals surface area contributed by atoms with Crippen LogP contribution >= 0.6 is 0 Å². The molecule has 1 unspecified atom stereocenters. The highest BCUT2D eigenvalue weighted by Gasteiger charge is 2.26. The molecule has 3 heteroatoms. The average molecular weight is 294 g/mol. The number of halogens is 1. The van der Waals surface area contributed by atoms with Gasteiger partial charge in [-0.15, -0.1) is 0 Å². The van der Waals surface area contributed by atoms with E-state index in [0.717, 1.165) is 17.5 Å². The van der Waals surface area contributed by atoms with Crippen LogP contribution < -0.4 is 0 Å². The van der Waals surface area contributed by atoms with E-state index in [9.17, 15) is 4.39 Å². The summed E-state index contributed by atoms with van der Waals surface area (Å²) in [5.74, 6) is -0.216. The van der Waals surface area contributed by atoms with Crippen molar-refractivity contribution in [3.05, 3.63) is 71.7 Å². The predicted octanol–water partition coefficient (Wildman–Crippen LogP) is 4.85. The van der Waals surface area contributed by atoms with Crippen molar-refractivity contribution in [2.24, 2.45) is 0 Å². The minimum Gasteiger partial charge on any atom is -0.361 e. The molecule has 0 radical (unpaired) electrons. The number of aromatic amines is 1. The molecule has 0 aliphatic carbocycles. The van der Waals surface area contributed by atoms with Crippen LogP contribution in [0.3, 0.4) is 0 Å². The molecule has 1 atom stereocenters. The highest BCUT2D eigenvalue weighted by molar-refractivity contribution is 5.80. The van der Waals surface area contributed by atoms with E-state index in [1.54, 1.807) is 0 Å². The molecule has 0 fully saturated rings. The summed E-state index contributed by atoms with van der Waals surface area (Å²) in [4.78, 5) is 3.20. The molecule has 0 spiro atoms. The highest BCUT2D eigenvalue weighted by atomic mass is 19.1. The number of aromatic nitrogens is 1. The van der Waals surface area contributed by atoms with Gasteiger partial charge >= 0.3 is 0 Å². The molecule has 0 aliphatic heterocycles. The van der Waals surface area contributed by atoms with Crippen LogP contribution in [-0.4, -0.2) is 11.2 Å². The van der Waals surface area contributed by atoms with Crippen molar-refractivity contribution in [1.29, 1.82) is 5.41 Å². The van der Waals surface area contributed by atoms with Gasteiger partial charge in [-0.2, -0.15) is 0 Å². The molecule has 2 N–H and O–H groups in total. The van der Waals surface area contributed by atoms with Crippen LogP contribution in [0.15, 0.2) is 54.7 Å². The molecular formula is C19H19FN2. The van der Waals surface area contributed by atoms with E-state index in [2.05, 4.69) is 36.2 Å². The molecule has 3 rings (SSSR count). The number of rotatable bonds is 5. The highest BCUT2D eigenvalue weighted by Crippen LogP contribution is 2.33. The molecule has 0 aliphatic rings. The molecular weight excluding hydrogens is 275 g/mol. The first-order valence-electron chi connectivity index (χ1n) is 7.42. The van der Waals surface area contributed by atoms with E-state index in [1.165, 1.54) is 29.3 Å². The summed E-state index contributed by atoms with van der Waals surface area (Å²) in [7, 11) is 0. The summed E-state index contributed by atoms with van der Waals surface area (Å²) in [6, 6.07) is 15.1. The lowest BCUT2D eigenvalue weighted by molar-refractivity contribution is 0.491. The summed E-state index contributed by atoms with van der Waals surface area (Å²) in [5, 5.41) is 8.72. The van der Waals surface area contributed by atoms with Crippen LogP contribution in [0.25, 0.3) is 10.9 Å². The molecule has 22 heavy (non-hydrogen) atoms. The first-order valence-corrected chi connectivity index (χ1v) is 7.42. The van der Waals surface area contributed by atoms with Crippen LogP contribution in [0.2, 0.25) is 0 Å². The zero-order valence-electron chi connectivity index (χ0n) is 12.6. The van der Waals surface area contributed by atoms with Crippen LogP contribution in [0.4, 0.5) is 4.39 Å². The Bertz CT molecular complexity index is 789. The second-order valence-corrected chi connectivity index (χ2v) is 6.05. The Labute approximate surface area is 129 Å². The summed E-state index contributed by atoms with van der Waals surface area (Å²) >= 11 is 0. The summed E-state index contributed by atoms with van der Waals surface area (Å²) in [5.41, 5.74) is 3.22. The van der Waals surface area contributed by atoms with Crippen molar-refractivity contribution >= 4 is 17.1 Å². The van der Waals surface area contributed by atoms with E-state index in [1.807, 2.05) is 18.3 Å². The summed E-state index contributed by atoms with van der Waals surface area (Å²) < 4.78 is 13.1. The molecule has 0 bridgehead atoms. The standard InChI is InChI=1S/C19H19FN2/c1-19(9-10-21,13-14-2-5-17(20)6-3-14)16-4-7-18-15(12-16)8-11-22-18/h2-8,10-12,21-22H,9,13H2,1H3. The topological polar surface area (TPSA) is 39.6 Å². The lowest BCUT2D eigenvalue weighted by Crippen LogP contribution is -2.25. The maximum absolute atomic E-state index is 13.1. The Morgan fingerprint density at radius 3 is 2.64 bits per heavy atom. The van der Waals surface area contributed by atoms with Gasteiger partial charge in [-0.1, -0.05) is 25.1 Å². The van der Waals surface area contributed by atoms with Gasteiger partial charge in [0.05, 0.1) is 0 Å². The van der Waals surface area contributed by atoms with Crippen molar-refractivity contribution in [3.8, 4) is 0 Å². The molecule has 0 saturated heterocycles. The zero-order valence-corrected chi connectivity index (χ0v) is 12.6. The number of fused-ring (bicyclic) bond motifs is 1. The lowest BCUT2D eigenvalue weighted by atomic mass is 9.75. The first kappa shape index (κ1) is 14.5. The number of nitrogens with one attached hydrogen (secondary N) is 2. The third-order valence-corrected chi connectivity index (χ3v) is 4.31. The van der Waals surface area contributed by atoms with E-state index in [-0.39, 0.29) is 11.2 Å². The largest absolute Gasteiger partial charge is 0.361 e. The van der Waals surface area contributed by atoms with Crippen molar-refractivity contribution in [2.75, 3.05) is 0 Å². The molecule has 2 aromatic carbocycles. The van der Waals surface area contributed by atoms with Gasteiger partial charge in [-0.3, -0.25) is 0 Å². The Morgan fingerprint density at radius 2 is 1.91 bits per heavy atom. The normalized spacial score (nSPS) is 13.9. The van der Waals surface area contributed by atoms with Gasteiger partial charge < -0.3 is 10.4 Å². The van der Waals surface area contributed by atoms with Crippen molar-refractivity contribution < 1.29 is 4.39 Å². The molecule has 112 valence electrons. The van der Waals surface area contributed by atoms with E-state index >= 15 is 0 Å². The number of hydrogen-bond acceptors (Lipinski definition) is 1. The fourth-order valence-electron chi connectivity index (χ4n) is 3.00. The van der Waals surface area contributed by atoms with Crippen molar-refractivity contribution in [2.45, 2.75) is 25.2 Å². The Hall–Kier alpha value is -2.42. The van der Waals surface area contributed by atoms with Crippen molar-refractivity contribution in [3.63, 3.8) is 0 Å².